The van der Waals surface area contributed by atoms with Crippen LogP contribution in [0.3, 0.4) is 0 Å². The quantitative estimate of drug-likeness (QED) is 0.569. The largest absolute Gasteiger partial charge is 0.573 e. The van der Waals surface area contributed by atoms with Gasteiger partial charge in [0, 0.05) is 0 Å². The Morgan fingerprint density at radius 2 is 1.82 bits per heavy atom. The van der Waals surface area contributed by atoms with Gasteiger partial charge in [-0.2, -0.15) is 0 Å². The number of pyridine rings is 1. The van der Waals surface area contributed by atoms with Crippen LogP contribution < -0.4 is 9.47 Å². The monoisotopic (exact) mass is 406 g/mol. The number of alkyl halides is 3. The molecule has 0 saturated carbocycles. The number of hydrogen-bond acceptors (Lipinski definition) is 6. The van der Waals surface area contributed by atoms with Crippen LogP contribution in [0.4, 0.5) is 13.2 Å². The second-order valence-corrected chi connectivity index (χ2v) is 6.81. The highest BCUT2D eigenvalue weighted by atomic mass is 32.1. The molecule has 5 nitrogen and oxygen atoms in total. The van der Waals surface area contributed by atoms with Gasteiger partial charge in [-0.1, -0.05) is 23.4 Å². The number of thiophene rings is 1. The van der Waals surface area contributed by atoms with E-state index < -0.39 is 12.5 Å². The molecule has 0 spiro atoms. The van der Waals surface area contributed by atoms with E-state index in [2.05, 4.69) is 14.9 Å². The first kappa shape index (κ1) is 18.3. The topological polar surface area (TPSA) is 52.9 Å². The highest BCUT2D eigenvalue weighted by molar-refractivity contribution is 7.13. The standard InChI is InChI=1S/C19H13F3N2O3S/c20-19(21,22)26-13-5-3-12(4-6-13)16-10-18(24-27-16)25-14-7-8-15(23-11-14)17-2-1-9-28-17/h1-9,11,16H,10H2/t16-/m0/s1. The fourth-order valence-corrected chi connectivity index (χ4v) is 3.33. The zero-order chi connectivity index (χ0) is 19.6. The minimum Gasteiger partial charge on any atom is -0.438 e. The first-order valence-corrected chi connectivity index (χ1v) is 9.10. The maximum absolute atomic E-state index is 12.2. The van der Waals surface area contributed by atoms with E-state index in [0.29, 0.717) is 23.6 Å². The maximum Gasteiger partial charge on any atom is 0.573 e. The Hall–Kier alpha value is -3.07. The van der Waals surface area contributed by atoms with E-state index >= 15 is 0 Å². The van der Waals surface area contributed by atoms with Crippen molar-refractivity contribution >= 4 is 17.2 Å². The van der Waals surface area contributed by atoms with Gasteiger partial charge in [-0.05, 0) is 41.3 Å². The highest BCUT2D eigenvalue weighted by Gasteiger charge is 2.31. The third-order valence-electron chi connectivity index (χ3n) is 3.87. The summed E-state index contributed by atoms with van der Waals surface area (Å²) in [6.07, 6.45) is -3.20. The van der Waals surface area contributed by atoms with Crippen LogP contribution in [0.2, 0.25) is 0 Å². The highest BCUT2D eigenvalue weighted by Crippen LogP contribution is 2.31. The average molecular weight is 406 g/mol. The number of oxime groups is 1. The summed E-state index contributed by atoms with van der Waals surface area (Å²) >= 11 is 1.60. The molecule has 0 fully saturated rings. The molecule has 1 aliphatic rings. The molecule has 28 heavy (non-hydrogen) atoms. The lowest BCUT2D eigenvalue weighted by Gasteiger charge is -2.11. The second-order valence-electron chi connectivity index (χ2n) is 5.86. The van der Waals surface area contributed by atoms with E-state index in [1.165, 1.54) is 24.3 Å². The zero-order valence-corrected chi connectivity index (χ0v) is 15.0. The first-order valence-electron chi connectivity index (χ1n) is 8.22. The minimum atomic E-state index is -4.72. The van der Waals surface area contributed by atoms with Gasteiger partial charge in [-0.15, -0.1) is 24.5 Å². The normalized spacial score (nSPS) is 16.4. The van der Waals surface area contributed by atoms with E-state index in [0.717, 1.165) is 10.6 Å². The predicted octanol–water partition coefficient (Wildman–Crippen LogP) is 5.56. The Balaban J connectivity index is 1.35. The van der Waals surface area contributed by atoms with Crippen molar-refractivity contribution < 1.29 is 27.5 Å². The summed E-state index contributed by atoms with van der Waals surface area (Å²) in [5.41, 5.74) is 1.52. The van der Waals surface area contributed by atoms with Crippen molar-refractivity contribution in [2.45, 2.75) is 18.9 Å². The van der Waals surface area contributed by atoms with E-state index in [1.807, 2.05) is 23.6 Å². The molecular weight excluding hydrogens is 393 g/mol. The van der Waals surface area contributed by atoms with Gasteiger partial charge in [-0.3, -0.25) is 4.98 Å². The van der Waals surface area contributed by atoms with Crippen LogP contribution in [-0.2, 0) is 4.84 Å². The summed E-state index contributed by atoms with van der Waals surface area (Å²) in [7, 11) is 0. The van der Waals surface area contributed by atoms with Crippen molar-refractivity contribution in [1.29, 1.82) is 0 Å². The van der Waals surface area contributed by atoms with Gasteiger partial charge in [0.25, 0.3) is 0 Å². The number of nitrogens with zero attached hydrogens (tertiary/aromatic N) is 2. The molecule has 1 aromatic carbocycles. The van der Waals surface area contributed by atoms with Crippen LogP contribution in [0.5, 0.6) is 11.5 Å². The third kappa shape index (κ3) is 4.42. The molecule has 0 bridgehead atoms. The summed E-state index contributed by atoms with van der Waals surface area (Å²) in [5, 5.41) is 5.88. The molecule has 0 N–H and O–H groups in total. The van der Waals surface area contributed by atoms with Gasteiger partial charge in [0.2, 0.25) is 5.90 Å². The Labute approximate surface area is 162 Å². The fraction of sp³-hybridized carbons (Fsp3) is 0.158. The summed E-state index contributed by atoms with van der Waals surface area (Å²) in [4.78, 5) is 10.8. The van der Waals surface area contributed by atoms with E-state index in [1.54, 1.807) is 23.6 Å². The molecule has 4 rings (SSSR count). The maximum atomic E-state index is 12.2. The van der Waals surface area contributed by atoms with Gasteiger partial charge >= 0.3 is 6.36 Å². The SMILES string of the molecule is FC(F)(F)Oc1ccc([C@@H]2CC(Oc3ccc(-c4cccs4)nc3)=NO2)cc1. The summed E-state index contributed by atoms with van der Waals surface area (Å²) in [6, 6.07) is 13.1. The van der Waals surface area contributed by atoms with Crippen molar-refractivity contribution in [1.82, 2.24) is 4.98 Å². The van der Waals surface area contributed by atoms with Crippen LogP contribution in [0, 0.1) is 0 Å². The number of aromatic nitrogens is 1. The Kier molecular flexibility index (Phi) is 4.91. The van der Waals surface area contributed by atoms with E-state index in [4.69, 9.17) is 9.57 Å². The number of hydrogen-bond donors (Lipinski definition) is 0. The molecule has 144 valence electrons. The number of rotatable bonds is 4. The molecule has 0 unspecified atom stereocenters. The summed E-state index contributed by atoms with van der Waals surface area (Å²) in [5.74, 6) is 0.604. The Bertz CT molecular complexity index is 956. The lowest BCUT2D eigenvalue weighted by atomic mass is 10.1. The molecule has 0 radical (unpaired) electrons. The first-order chi connectivity index (χ1) is 13.5. The third-order valence-corrected chi connectivity index (χ3v) is 4.77. The average Bonchev–Trinajstić information content (AvgIpc) is 3.34. The van der Waals surface area contributed by atoms with Gasteiger partial charge < -0.3 is 14.3 Å². The molecule has 1 aliphatic heterocycles. The van der Waals surface area contributed by atoms with Crippen LogP contribution in [0.25, 0.3) is 10.6 Å². The lowest BCUT2D eigenvalue weighted by molar-refractivity contribution is -0.274. The number of halogens is 3. The predicted molar refractivity (Wildman–Crippen MR) is 97.2 cm³/mol. The molecule has 3 aromatic rings. The summed E-state index contributed by atoms with van der Waals surface area (Å²) < 4.78 is 46.2. The Morgan fingerprint density at radius 3 is 2.46 bits per heavy atom. The molecule has 9 heteroatoms. The van der Waals surface area contributed by atoms with Gasteiger partial charge in [0.1, 0.15) is 11.5 Å². The molecule has 3 heterocycles. The molecular formula is C19H13F3N2O3S. The van der Waals surface area contributed by atoms with Crippen LogP contribution >= 0.6 is 11.3 Å². The second kappa shape index (κ2) is 7.51. The smallest absolute Gasteiger partial charge is 0.438 e. The van der Waals surface area contributed by atoms with Gasteiger partial charge in [-0.25, -0.2) is 0 Å². The van der Waals surface area contributed by atoms with Crippen LogP contribution in [0.1, 0.15) is 18.1 Å². The van der Waals surface area contributed by atoms with E-state index in [-0.39, 0.29) is 5.75 Å². The van der Waals surface area contributed by atoms with Crippen molar-refractivity contribution in [2.24, 2.45) is 5.16 Å². The van der Waals surface area contributed by atoms with Gasteiger partial charge in [0.05, 0.1) is 23.2 Å². The zero-order valence-electron chi connectivity index (χ0n) is 14.2. The molecule has 0 saturated heterocycles. The minimum absolute atomic E-state index is 0.288. The molecule has 0 amide bonds. The lowest BCUT2D eigenvalue weighted by Crippen LogP contribution is -2.17. The number of ether oxygens (including phenoxy) is 2. The fourth-order valence-electron chi connectivity index (χ4n) is 2.63. The number of benzene rings is 1. The Morgan fingerprint density at radius 1 is 1.04 bits per heavy atom. The van der Waals surface area contributed by atoms with Crippen molar-refractivity contribution in [3.8, 4) is 22.1 Å². The summed E-state index contributed by atoms with van der Waals surface area (Å²) in [6.45, 7) is 0. The van der Waals surface area contributed by atoms with E-state index in [9.17, 15) is 13.2 Å². The molecule has 2 aromatic heterocycles. The van der Waals surface area contributed by atoms with Crippen molar-refractivity contribution in [2.75, 3.05) is 0 Å². The van der Waals surface area contributed by atoms with Gasteiger partial charge in [0.15, 0.2) is 6.10 Å². The van der Waals surface area contributed by atoms with Crippen molar-refractivity contribution in [3.63, 3.8) is 0 Å². The molecule has 1 atom stereocenters. The van der Waals surface area contributed by atoms with Crippen LogP contribution in [-0.4, -0.2) is 17.2 Å². The van der Waals surface area contributed by atoms with Crippen molar-refractivity contribution in [3.05, 3.63) is 65.7 Å². The molecule has 0 aliphatic carbocycles. The van der Waals surface area contributed by atoms with Crippen LogP contribution in [0.15, 0.2) is 65.3 Å².